The molecule has 1 unspecified atom stereocenters. The monoisotopic (exact) mass is 188 g/mol. The van der Waals surface area contributed by atoms with Crippen molar-refractivity contribution in [1.29, 1.82) is 0 Å². The van der Waals surface area contributed by atoms with E-state index in [1.165, 1.54) is 11.1 Å². The fraction of sp³-hybridized carbons (Fsp3) is 0.385. The summed E-state index contributed by atoms with van der Waals surface area (Å²) >= 11 is 0. The molecule has 0 fully saturated rings. The number of benzene rings is 1. The summed E-state index contributed by atoms with van der Waals surface area (Å²) in [5.41, 5.74) is 2.44. The molecule has 0 aliphatic rings. The Bertz CT molecular complexity index is 347. The Kier molecular flexibility index (Phi) is 3.59. The Morgan fingerprint density at radius 3 is 2.79 bits per heavy atom. The van der Waals surface area contributed by atoms with Crippen LogP contribution in [0.25, 0.3) is 0 Å². The highest BCUT2D eigenvalue weighted by atomic mass is 16.5. The molecule has 0 N–H and O–H groups in total. The van der Waals surface area contributed by atoms with Crippen LogP contribution in [0.15, 0.2) is 18.2 Å². The van der Waals surface area contributed by atoms with E-state index in [0.29, 0.717) is 5.92 Å². The first-order valence-corrected chi connectivity index (χ1v) is 4.77. The molecule has 0 saturated carbocycles. The summed E-state index contributed by atoms with van der Waals surface area (Å²) in [4.78, 5) is 0. The normalized spacial score (nSPS) is 11.9. The quantitative estimate of drug-likeness (QED) is 0.662. The molecule has 0 saturated heterocycles. The van der Waals surface area contributed by atoms with Crippen LogP contribution in [-0.4, -0.2) is 7.11 Å². The third kappa shape index (κ3) is 2.29. The van der Waals surface area contributed by atoms with Crippen LogP contribution in [0.3, 0.4) is 0 Å². The second-order valence-electron chi connectivity index (χ2n) is 3.55. The molecule has 0 heterocycles. The molecule has 74 valence electrons. The number of aryl methyl sites for hydroxylation is 1. The van der Waals surface area contributed by atoms with Crippen LogP contribution in [0.2, 0.25) is 0 Å². The largest absolute Gasteiger partial charge is 0.496 e. The van der Waals surface area contributed by atoms with E-state index in [1.54, 1.807) is 7.11 Å². The van der Waals surface area contributed by atoms with Gasteiger partial charge in [0.05, 0.1) is 7.11 Å². The number of methoxy groups -OCH3 is 1. The van der Waals surface area contributed by atoms with Gasteiger partial charge in [0.2, 0.25) is 0 Å². The third-order valence-electron chi connectivity index (χ3n) is 2.34. The number of terminal acetylenes is 1. The van der Waals surface area contributed by atoms with Crippen molar-refractivity contribution < 1.29 is 4.74 Å². The van der Waals surface area contributed by atoms with Crippen molar-refractivity contribution in [3.8, 4) is 18.1 Å². The van der Waals surface area contributed by atoms with Crippen molar-refractivity contribution >= 4 is 0 Å². The Labute approximate surface area is 86.1 Å². The van der Waals surface area contributed by atoms with Gasteiger partial charge in [0.15, 0.2) is 0 Å². The van der Waals surface area contributed by atoms with E-state index in [9.17, 15) is 0 Å². The first kappa shape index (κ1) is 10.7. The topological polar surface area (TPSA) is 9.23 Å². The van der Waals surface area contributed by atoms with Gasteiger partial charge in [0.1, 0.15) is 5.75 Å². The van der Waals surface area contributed by atoms with Crippen LogP contribution in [0, 0.1) is 19.3 Å². The van der Waals surface area contributed by atoms with Gasteiger partial charge in [-0.1, -0.05) is 24.6 Å². The minimum atomic E-state index is 0.356. The lowest BCUT2D eigenvalue weighted by Gasteiger charge is -2.14. The maximum Gasteiger partial charge on any atom is 0.122 e. The lowest BCUT2D eigenvalue weighted by Crippen LogP contribution is -1.97. The van der Waals surface area contributed by atoms with Gasteiger partial charge >= 0.3 is 0 Å². The van der Waals surface area contributed by atoms with Crippen molar-refractivity contribution in [2.45, 2.75) is 26.2 Å². The molecule has 1 atom stereocenters. The predicted molar refractivity (Wildman–Crippen MR) is 59.6 cm³/mol. The van der Waals surface area contributed by atoms with Crippen LogP contribution in [0.4, 0.5) is 0 Å². The molecule has 0 aromatic heterocycles. The molecule has 1 nitrogen and oxygen atoms in total. The van der Waals surface area contributed by atoms with Crippen molar-refractivity contribution in [2.24, 2.45) is 0 Å². The average molecular weight is 188 g/mol. The predicted octanol–water partition coefficient (Wildman–Crippen LogP) is 3.13. The summed E-state index contributed by atoms with van der Waals surface area (Å²) in [7, 11) is 1.69. The molecular weight excluding hydrogens is 172 g/mol. The van der Waals surface area contributed by atoms with Gasteiger partial charge in [-0.15, -0.1) is 12.3 Å². The lowest BCUT2D eigenvalue weighted by atomic mass is 9.96. The number of ether oxygens (including phenoxy) is 1. The van der Waals surface area contributed by atoms with E-state index >= 15 is 0 Å². The average Bonchev–Trinajstić information content (AvgIpc) is 2.18. The second-order valence-corrected chi connectivity index (χ2v) is 3.55. The highest BCUT2D eigenvalue weighted by molar-refractivity contribution is 5.39. The first-order valence-electron chi connectivity index (χ1n) is 4.77. The van der Waals surface area contributed by atoms with Gasteiger partial charge in [-0.3, -0.25) is 0 Å². The summed E-state index contributed by atoms with van der Waals surface area (Å²) in [5, 5.41) is 0. The smallest absolute Gasteiger partial charge is 0.122 e. The highest BCUT2D eigenvalue weighted by Gasteiger charge is 2.10. The molecule has 0 aliphatic heterocycles. The lowest BCUT2D eigenvalue weighted by molar-refractivity contribution is 0.406. The summed E-state index contributed by atoms with van der Waals surface area (Å²) in [6.07, 6.45) is 6.06. The number of rotatable bonds is 3. The zero-order valence-electron chi connectivity index (χ0n) is 9.00. The van der Waals surface area contributed by atoms with Gasteiger partial charge in [-0.05, 0) is 24.5 Å². The maximum absolute atomic E-state index is 5.31. The van der Waals surface area contributed by atoms with Crippen molar-refractivity contribution in [3.63, 3.8) is 0 Å². The standard InChI is InChI=1S/C13H16O/c1-5-6-11(3)12-9-10(2)7-8-13(12)14-4/h1,7-9,11H,6H2,2-4H3. The molecule has 0 radical (unpaired) electrons. The van der Waals surface area contributed by atoms with Gasteiger partial charge in [-0.2, -0.15) is 0 Å². The zero-order valence-corrected chi connectivity index (χ0v) is 9.00. The molecule has 0 spiro atoms. The summed E-state index contributed by atoms with van der Waals surface area (Å²) in [6.45, 7) is 4.20. The molecule has 1 heteroatoms. The van der Waals surface area contributed by atoms with E-state index in [1.807, 2.05) is 12.1 Å². The highest BCUT2D eigenvalue weighted by Crippen LogP contribution is 2.29. The van der Waals surface area contributed by atoms with Crippen LogP contribution in [0.1, 0.15) is 30.4 Å². The zero-order chi connectivity index (χ0) is 10.6. The van der Waals surface area contributed by atoms with E-state index in [0.717, 1.165) is 12.2 Å². The van der Waals surface area contributed by atoms with Crippen LogP contribution in [0.5, 0.6) is 5.75 Å². The SMILES string of the molecule is C#CCC(C)c1cc(C)ccc1OC. The minimum absolute atomic E-state index is 0.356. The van der Waals surface area contributed by atoms with E-state index in [-0.39, 0.29) is 0 Å². The van der Waals surface area contributed by atoms with Gasteiger partial charge in [0.25, 0.3) is 0 Å². The first-order chi connectivity index (χ1) is 6.69. The van der Waals surface area contributed by atoms with Gasteiger partial charge < -0.3 is 4.74 Å². The molecule has 14 heavy (non-hydrogen) atoms. The fourth-order valence-corrected chi connectivity index (χ4v) is 1.53. The van der Waals surface area contributed by atoms with Crippen molar-refractivity contribution in [3.05, 3.63) is 29.3 Å². The van der Waals surface area contributed by atoms with Crippen molar-refractivity contribution in [2.75, 3.05) is 7.11 Å². The maximum atomic E-state index is 5.31. The molecular formula is C13H16O. The summed E-state index contributed by atoms with van der Waals surface area (Å²) < 4.78 is 5.30. The summed E-state index contributed by atoms with van der Waals surface area (Å²) in [6, 6.07) is 6.18. The number of hydrogen-bond donors (Lipinski definition) is 0. The molecule has 1 rings (SSSR count). The Balaban J connectivity index is 3.04. The molecule has 0 amide bonds. The van der Waals surface area contributed by atoms with Crippen LogP contribution >= 0.6 is 0 Å². The molecule has 1 aromatic carbocycles. The Morgan fingerprint density at radius 2 is 2.21 bits per heavy atom. The molecule has 1 aromatic rings. The van der Waals surface area contributed by atoms with Crippen LogP contribution in [-0.2, 0) is 0 Å². The second kappa shape index (κ2) is 4.72. The third-order valence-corrected chi connectivity index (χ3v) is 2.34. The fourth-order valence-electron chi connectivity index (χ4n) is 1.53. The van der Waals surface area contributed by atoms with Gasteiger partial charge in [0, 0.05) is 6.42 Å². The Hall–Kier alpha value is -1.42. The van der Waals surface area contributed by atoms with E-state index in [2.05, 4.69) is 25.8 Å². The molecule has 0 bridgehead atoms. The van der Waals surface area contributed by atoms with E-state index in [4.69, 9.17) is 11.2 Å². The van der Waals surface area contributed by atoms with Crippen molar-refractivity contribution in [1.82, 2.24) is 0 Å². The summed E-state index contributed by atoms with van der Waals surface area (Å²) in [5.74, 6) is 3.97. The van der Waals surface area contributed by atoms with E-state index < -0.39 is 0 Å². The Morgan fingerprint density at radius 1 is 1.50 bits per heavy atom. The van der Waals surface area contributed by atoms with Gasteiger partial charge in [-0.25, -0.2) is 0 Å². The molecule has 0 aliphatic carbocycles. The van der Waals surface area contributed by atoms with Crippen LogP contribution < -0.4 is 4.74 Å². The minimum Gasteiger partial charge on any atom is -0.496 e. The number of hydrogen-bond acceptors (Lipinski definition) is 1.